The van der Waals surface area contributed by atoms with E-state index in [9.17, 15) is 4.39 Å². The smallest absolute Gasteiger partial charge is 0.200 e. The van der Waals surface area contributed by atoms with Gasteiger partial charge in [-0.1, -0.05) is 0 Å². The van der Waals surface area contributed by atoms with Crippen LogP contribution in [0, 0.1) is 0 Å². The van der Waals surface area contributed by atoms with E-state index in [4.69, 9.17) is 15.7 Å². The second-order valence-corrected chi connectivity index (χ2v) is 7.74. The summed E-state index contributed by atoms with van der Waals surface area (Å²) in [6.45, 7) is 2.06. The molecule has 1 fully saturated rings. The number of rotatable bonds is 4. The molecular formula is C20H23FN8. The van der Waals surface area contributed by atoms with Gasteiger partial charge in [0.1, 0.15) is 11.9 Å². The van der Waals surface area contributed by atoms with E-state index in [0.29, 0.717) is 18.1 Å². The maximum atomic E-state index is 13.4. The minimum atomic E-state index is -1.12. The first-order chi connectivity index (χ1) is 13.9. The van der Waals surface area contributed by atoms with Crippen molar-refractivity contribution in [3.05, 3.63) is 59.8 Å². The number of halogens is 1. The Hall–Kier alpha value is -3.20. The molecule has 1 aliphatic carbocycles. The lowest BCUT2D eigenvalue weighted by atomic mass is 10.1. The van der Waals surface area contributed by atoms with Gasteiger partial charge in [-0.05, 0) is 43.7 Å². The monoisotopic (exact) mass is 394 g/mol. The van der Waals surface area contributed by atoms with Crippen LogP contribution in [0.2, 0.25) is 0 Å². The number of hydrogen-bond acceptors (Lipinski definition) is 6. The Labute approximate surface area is 167 Å². The predicted octanol–water partition coefficient (Wildman–Crippen LogP) is 2.39. The highest BCUT2D eigenvalue weighted by Crippen LogP contribution is 2.43. The molecule has 5 rings (SSSR count). The van der Waals surface area contributed by atoms with Crippen molar-refractivity contribution in [3.8, 4) is 0 Å². The number of alkyl halides is 1. The number of H-pyrrole nitrogens is 2. The van der Waals surface area contributed by atoms with Crippen LogP contribution in [0.25, 0.3) is 11.0 Å². The van der Waals surface area contributed by atoms with Crippen LogP contribution in [0.1, 0.15) is 42.4 Å². The van der Waals surface area contributed by atoms with E-state index < -0.39 is 11.8 Å². The summed E-state index contributed by atoms with van der Waals surface area (Å²) in [6.07, 6.45) is 5.12. The number of nitrogens with zero attached hydrogens (tertiary/aromatic N) is 4. The number of pyridine rings is 1. The number of nitrogens with one attached hydrogen (secondary N) is 3. The van der Waals surface area contributed by atoms with Gasteiger partial charge in [-0.3, -0.25) is 10.8 Å². The molecule has 29 heavy (non-hydrogen) atoms. The molecule has 4 heterocycles. The number of guanidine groups is 1. The minimum absolute atomic E-state index is 0.0372. The van der Waals surface area contributed by atoms with Gasteiger partial charge in [0.25, 0.3) is 0 Å². The molecule has 3 aromatic heterocycles. The molecule has 0 saturated heterocycles. The highest BCUT2D eigenvalue weighted by molar-refractivity contribution is 5.83. The van der Waals surface area contributed by atoms with Crippen LogP contribution < -0.4 is 11.1 Å². The molecule has 0 bridgehead atoms. The largest absolute Gasteiger partial charge is 0.360 e. The van der Waals surface area contributed by atoms with E-state index in [-0.39, 0.29) is 12.0 Å². The summed E-state index contributed by atoms with van der Waals surface area (Å²) < 4.78 is 13.4. The third-order valence-corrected chi connectivity index (χ3v) is 5.73. The SMILES string of the molecule is C[C@@H](c1ccc2[nH]ccc2n1)N(C)C1=NC(N)(c2cc([C@@H]3C[C@H]3F)[nH]n2)C=CN1. The predicted molar refractivity (Wildman–Crippen MR) is 109 cm³/mol. The second-order valence-electron chi connectivity index (χ2n) is 7.74. The lowest BCUT2D eigenvalue weighted by molar-refractivity contribution is 0.374. The van der Waals surface area contributed by atoms with Gasteiger partial charge in [0.2, 0.25) is 5.96 Å². The van der Waals surface area contributed by atoms with Crippen molar-refractivity contribution >= 4 is 17.0 Å². The number of aromatic nitrogens is 4. The molecule has 5 N–H and O–H groups in total. The Balaban J connectivity index is 1.40. The summed E-state index contributed by atoms with van der Waals surface area (Å²) in [5, 5.41) is 10.4. The molecule has 0 radical (unpaired) electrons. The Morgan fingerprint density at radius 2 is 2.17 bits per heavy atom. The van der Waals surface area contributed by atoms with Crippen molar-refractivity contribution in [2.75, 3.05) is 7.05 Å². The lowest BCUT2D eigenvalue weighted by Gasteiger charge is -2.32. The van der Waals surface area contributed by atoms with E-state index >= 15 is 0 Å². The average Bonchev–Trinajstić information content (AvgIpc) is 3.15. The first-order valence-corrected chi connectivity index (χ1v) is 9.64. The van der Waals surface area contributed by atoms with Gasteiger partial charge in [0.15, 0.2) is 5.66 Å². The Kier molecular flexibility index (Phi) is 3.95. The molecule has 0 spiro atoms. The molecule has 2 aliphatic rings. The van der Waals surface area contributed by atoms with Crippen LogP contribution >= 0.6 is 0 Å². The van der Waals surface area contributed by atoms with Crippen molar-refractivity contribution in [2.24, 2.45) is 10.7 Å². The average molecular weight is 394 g/mol. The number of nitrogens with two attached hydrogens (primary N) is 1. The second kappa shape index (κ2) is 6.41. The summed E-state index contributed by atoms with van der Waals surface area (Å²) in [5.41, 5.74) is 9.60. The van der Waals surface area contributed by atoms with E-state index in [1.54, 1.807) is 12.3 Å². The molecule has 0 aromatic carbocycles. The van der Waals surface area contributed by atoms with Crippen LogP contribution in [0.4, 0.5) is 4.39 Å². The minimum Gasteiger partial charge on any atom is -0.360 e. The zero-order chi connectivity index (χ0) is 20.2. The highest BCUT2D eigenvalue weighted by atomic mass is 19.1. The van der Waals surface area contributed by atoms with Gasteiger partial charge in [0.05, 0.1) is 22.8 Å². The fourth-order valence-electron chi connectivity index (χ4n) is 3.59. The third kappa shape index (κ3) is 3.07. The Morgan fingerprint density at radius 1 is 1.34 bits per heavy atom. The van der Waals surface area contributed by atoms with Gasteiger partial charge < -0.3 is 15.2 Å². The fraction of sp³-hybridized carbons (Fsp3) is 0.350. The van der Waals surface area contributed by atoms with Crippen molar-refractivity contribution in [2.45, 2.75) is 37.1 Å². The third-order valence-electron chi connectivity index (χ3n) is 5.73. The summed E-state index contributed by atoms with van der Waals surface area (Å²) in [7, 11) is 1.94. The summed E-state index contributed by atoms with van der Waals surface area (Å²) in [5.74, 6) is 0.504. The molecule has 1 saturated carbocycles. The van der Waals surface area contributed by atoms with E-state index in [0.717, 1.165) is 22.4 Å². The molecule has 1 aliphatic heterocycles. The standard InChI is InChI=1S/C20H23FN8/c1-11(14-3-4-15-16(25-14)5-7-23-15)29(2)19-24-8-6-20(22,26-19)18-10-17(27-28-18)12-9-13(12)21/h3-8,10-13,23H,9,22H2,1-2H3,(H,24,26)(H,27,28)/t11-,12+,13+,20?/m0/s1. The zero-order valence-electron chi connectivity index (χ0n) is 16.2. The maximum Gasteiger partial charge on any atom is 0.200 e. The van der Waals surface area contributed by atoms with Crippen LogP contribution in [0.3, 0.4) is 0 Å². The number of hydrogen-bond donors (Lipinski definition) is 4. The van der Waals surface area contributed by atoms with Crippen molar-refractivity contribution in [1.82, 2.24) is 30.4 Å². The molecule has 0 amide bonds. The van der Waals surface area contributed by atoms with Gasteiger partial charge in [-0.15, -0.1) is 0 Å². The van der Waals surface area contributed by atoms with Crippen molar-refractivity contribution < 1.29 is 4.39 Å². The Bertz CT molecular complexity index is 1110. The lowest BCUT2D eigenvalue weighted by Crippen LogP contribution is -2.46. The maximum absolute atomic E-state index is 13.4. The molecule has 150 valence electrons. The van der Waals surface area contributed by atoms with Crippen LogP contribution in [0.15, 0.2) is 47.7 Å². The van der Waals surface area contributed by atoms with E-state index in [2.05, 4.69) is 27.4 Å². The first kappa shape index (κ1) is 17.9. The normalized spacial score (nSPS) is 26.8. The number of aliphatic imine (C=N–C) groups is 1. The van der Waals surface area contributed by atoms with Crippen molar-refractivity contribution in [3.63, 3.8) is 0 Å². The summed E-state index contributed by atoms with van der Waals surface area (Å²) in [4.78, 5) is 14.6. The quantitative estimate of drug-likeness (QED) is 0.543. The van der Waals surface area contributed by atoms with Gasteiger partial charge in [-0.2, -0.15) is 5.10 Å². The van der Waals surface area contributed by atoms with E-state index in [1.807, 2.05) is 42.4 Å². The highest BCUT2D eigenvalue weighted by Gasteiger charge is 2.41. The molecular weight excluding hydrogens is 371 g/mol. The molecule has 1 unspecified atom stereocenters. The number of aromatic amines is 2. The topological polar surface area (TPSA) is 111 Å². The van der Waals surface area contributed by atoms with Crippen molar-refractivity contribution in [1.29, 1.82) is 0 Å². The van der Waals surface area contributed by atoms with Gasteiger partial charge in [0, 0.05) is 31.1 Å². The molecule has 9 heteroatoms. The van der Waals surface area contributed by atoms with Gasteiger partial charge >= 0.3 is 0 Å². The van der Waals surface area contributed by atoms with Crippen LogP contribution in [-0.2, 0) is 5.66 Å². The summed E-state index contributed by atoms with van der Waals surface area (Å²) >= 11 is 0. The van der Waals surface area contributed by atoms with Crippen LogP contribution in [-0.4, -0.2) is 44.2 Å². The number of fused-ring (bicyclic) bond motifs is 1. The first-order valence-electron chi connectivity index (χ1n) is 9.64. The summed E-state index contributed by atoms with van der Waals surface area (Å²) in [6, 6.07) is 7.74. The molecule has 3 aromatic rings. The fourth-order valence-corrected chi connectivity index (χ4v) is 3.59. The molecule has 4 atom stereocenters. The zero-order valence-corrected chi connectivity index (χ0v) is 16.2. The molecule has 8 nitrogen and oxygen atoms in total. The van der Waals surface area contributed by atoms with Crippen LogP contribution in [0.5, 0.6) is 0 Å². The Morgan fingerprint density at radius 3 is 2.97 bits per heavy atom. The van der Waals surface area contributed by atoms with E-state index in [1.165, 1.54) is 0 Å². The van der Waals surface area contributed by atoms with Gasteiger partial charge in [-0.25, -0.2) is 14.4 Å².